The van der Waals surface area contributed by atoms with Crippen LogP contribution in [0.15, 0.2) is 11.6 Å². The standard InChI is InChI=1S/C20H38OP2/c1-15(11-14-21-23-22)7-9-17-16(2)8-10-18-19(3,4)12-6-13-20(17,18)5/h11,16-18,23H,6-10,12-14,22H2,1-5H3/b15-11-/t16-,17?,18?,20?/m1/s1. The van der Waals surface area contributed by atoms with E-state index in [1.54, 1.807) is 0 Å². The Balaban J connectivity index is 2.05. The zero-order valence-electron chi connectivity index (χ0n) is 16.0. The summed E-state index contributed by atoms with van der Waals surface area (Å²) in [6.45, 7) is 13.3. The summed E-state index contributed by atoms with van der Waals surface area (Å²) < 4.78 is 5.46. The second-order valence-electron chi connectivity index (χ2n) is 9.08. The van der Waals surface area contributed by atoms with Crippen molar-refractivity contribution in [3.63, 3.8) is 0 Å². The average molecular weight is 356 g/mol. The number of allylic oxidation sites excluding steroid dienone is 1. The van der Waals surface area contributed by atoms with Gasteiger partial charge in [0.2, 0.25) is 0 Å². The van der Waals surface area contributed by atoms with Crippen LogP contribution >= 0.6 is 17.4 Å². The normalized spacial score (nSPS) is 38.0. The molecule has 0 aliphatic heterocycles. The molecule has 1 nitrogen and oxygen atoms in total. The van der Waals surface area contributed by atoms with Crippen molar-refractivity contribution in [2.75, 3.05) is 6.61 Å². The molecule has 2 rings (SSSR count). The third kappa shape index (κ3) is 4.59. The van der Waals surface area contributed by atoms with E-state index < -0.39 is 0 Å². The fraction of sp³-hybridized carbons (Fsp3) is 0.900. The molecule has 0 radical (unpaired) electrons. The molecule has 0 heterocycles. The van der Waals surface area contributed by atoms with Gasteiger partial charge in [-0.2, -0.15) is 0 Å². The molecule has 6 atom stereocenters. The average Bonchev–Trinajstić information content (AvgIpc) is 2.45. The largest absolute Gasteiger partial charge is 0.354 e. The minimum Gasteiger partial charge on any atom is -0.354 e. The molecule has 134 valence electrons. The maximum absolute atomic E-state index is 5.46. The Hall–Kier alpha value is 0.560. The van der Waals surface area contributed by atoms with Gasteiger partial charge in [-0.3, -0.25) is 0 Å². The fourth-order valence-electron chi connectivity index (χ4n) is 5.94. The lowest BCUT2D eigenvalue weighted by Crippen LogP contribution is -2.51. The van der Waals surface area contributed by atoms with E-state index in [0.29, 0.717) is 19.3 Å². The Morgan fingerprint density at radius 3 is 2.70 bits per heavy atom. The highest BCUT2D eigenvalue weighted by molar-refractivity contribution is 8.00. The Morgan fingerprint density at radius 1 is 1.26 bits per heavy atom. The van der Waals surface area contributed by atoms with Crippen LogP contribution in [0.4, 0.5) is 0 Å². The predicted octanol–water partition coefficient (Wildman–Crippen LogP) is 6.99. The summed E-state index contributed by atoms with van der Waals surface area (Å²) in [6, 6.07) is 0. The highest BCUT2D eigenvalue weighted by Gasteiger charge is 2.53. The van der Waals surface area contributed by atoms with Gasteiger partial charge in [-0.25, -0.2) is 0 Å². The fourth-order valence-corrected chi connectivity index (χ4v) is 6.41. The highest BCUT2D eigenvalue weighted by Crippen LogP contribution is 2.62. The minimum atomic E-state index is 0.520. The summed E-state index contributed by atoms with van der Waals surface area (Å²) in [4.78, 5) is 0. The number of fused-ring (bicyclic) bond motifs is 1. The zero-order valence-corrected chi connectivity index (χ0v) is 18.1. The van der Waals surface area contributed by atoms with Crippen LogP contribution in [0.1, 0.15) is 79.6 Å². The van der Waals surface area contributed by atoms with Crippen LogP contribution in [0.3, 0.4) is 0 Å². The summed E-state index contributed by atoms with van der Waals surface area (Å²) in [5.74, 6) is 2.72. The molecular formula is C20H38OP2. The van der Waals surface area contributed by atoms with E-state index in [2.05, 4.69) is 49.6 Å². The van der Waals surface area contributed by atoms with Crippen LogP contribution in [-0.4, -0.2) is 6.61 Å². The lowest BCUT2D eigenvalue weighted by molar-refractivity contribution is -0.0957. The van der Waals surface area contributed by atoms with Gasteiger partial charge in [0.25, 0.3) is 0 Å². The molecule has 0 aromatic heterocycles. The molecule has 5 unspecified atom stereocenters. The molecule has 2 aliphatic rings. The molecule has 0 amide bonds. The Bertz CT molecular complexity index is 418. The first-order chi connectivity index (χ1) is 10.8. The lowest BCUT2D eigenvalue weighted by atomic mass is 9.46. The van der Waals surface area contributed by atoms with E-state index in [4.69, 9.17) is 4.52 Å². The Morgan fingerprint density at radius 2 is 2.00 bits per heavy atom. The second kappa shape index (κ2) is 8.29. The molecule has 0 saturated heterocycles. The van der Waals surface area contributed by atoms with E-state index in [1.165, 1.54) is 50.5 Å². The van der Waals surface area contributed by atoms with Crippen molar-refractivity contribution in [2.45, 2.75) is 79.6 Å². The third-order valence-electron chi connectivity index (χ3n) is 7.17. The second-order valence-corrected chi connectivity index (χ2v) is 10.3. The molecule has 3 heteroatoms. The summed E-state index contributed by atoms with van der Waals surface area (Å²) in [5, 5.41) is 0. The molecule has 2 fully saturated rings. The van der Waals surface area contributed by atoms with Gasteiger partial charge in [-0.05, 0) is 67.6 Å². The highest BCUT2D eigenvalue weighted by atomic mass is 32.0. The first-order valence-corrected chi connectivity index (χ1v) is 12.3. The SMILES string of the molecule is C/C(=C/COPP)CCC1[C@H](C)CCC2C(C)(C)CCCC12C. The van der Waals surface area contributed by atoms with Crippen molar-refractivity contribution in [3.05, 3.63) is 11.6 Å². The van der Waals surface area contributed by atoms with E-state index in [0.717, 1.165) is 24.4 Å². The van der Waals surface area contributed by atoms with Crippen molar-refractivity contribution >= 4 is 17.4 Å². The van der Waals surface area contributed by atoms with Crippen molar-refractivity contribution < 1.29 is 4.52 Å². The number of hydrogen-bond donors (Lipinski definition) is 0. The van der Waals surface area contributed by atoms with Crippen LogP contribution in [0.2, 0.25) is 0 Å². The van der Waals surface area contributed by atoms with Gasteiger partial charge >= 0.3 is 0 Å². The van der Waals surface area contributed by atoms with Crippen LogP contribution in [0, 0.1) is 28.6 Å². The maximum Gasteiger partial charge on any atom is 0.0693 e. The lowest BCUT2D eigenvalue weighted by Gasteiger charge is -2.59. The topological polar surface area (TPSA) is 9.23 Å². The van der Waals surface area contributed by atoms with Gasteiger partial charge in [-0.15, -0.1) is 0 Å². The van der Waals surface area contributed by atoms with Gasteiger partial charge in [0.15, 0.2) is 0 Å². The first-order valence-electron chi connectivity index (χ1n) is 9.54. The maximum atomic E-state index is 5.46. The first kappa shape index (κ1) is 19.9. The van der Waals surface area contributed by atoms with Gasteiger partial charge in [-0.1, -0.05) is 61.1 Å². The molecule has 2 saturated carbocycles. The minimum absolute atomic E-state index is 0.520. The van der Waals surface area contributed by atoms with Crippen molar-refractivity contribution in [1.29, 1.82) is 0 Å². The third-order valence-corrected chi connectivity index (χ3v) is 8.00. The number of rotatable bonds is 6. The van der Waals surface area contributed by atoms with E-state index in [1.807, 2.05) is 0 Å². The number of hydrogen-bond acceptors (Lipinski definition) is 1. The van der Waals surface area contributed by atoms with Gasteiger partial charge in [0.1, 0.15) is 0 Å². The molecule has 0 aromatic carbocycles. The van der Waals surface area contributed by atoms with Crippen molar-refractivity contribution in [2.24, 2.45) is 28.6 Å². The van der Waals surface area contributed by atoms with Crippen LogP contribution in [-0.2, 0) is 4.52 Å². The van der Waals surface area contributed by atoms with E-state index >= 15 is 0 Å². The quantitative estimate of drug-likeness (QED) is 0.283. The zero-order chi connectivity index (χ0) is 17.1. The van der Waals surface area contributed by atoms with Crippen LogP contribution in [0.25, 0.3) is 0 Å². The van der Waals surface area contributed by atoms with Gasteiger partial charge in [0, 0.05) is 8.50 Å². The molecular weight excluding hydrogens is 318 g/mol. The van der Waals surface area contributed by atoms with Gasteiger partial charge in [0.05, 0.1) is 6.61 Å². The summed E-state index contributed by atoms with van der Waals surface area (Å²) in [6.07, 6.45) is 12.1. The van der Waals surface area contributed by atoms with Gasteiger partial charge < -0.3 is 4.52 Å². The molecule has 0 spiro atoms. The molecule has 0 N–H and O–H groups in total. The summed E-state index contributed by atoms with van der Waals surface area (Å²) >= 11 is 0. The molecule has 0 aromatic rings. The molecule has 0 bridgehead atoms. The van der Waals surface area contributed by atoms with Crippen LogP contribution < -0.4 is 0 Å². The molecule has 23 heavy (non-hydrogen) atoms. The summed E-state index contributed by atoms with van der Waals surface area (Å²) in [7, 11) is 3.17. The Kier molecular flexibility index (Phi) is 7.17. The smallest absolute Gasteiger partial charge is 0.0693 e. The van der Waals surface area contributed by atoms with E-state index in [-0.39, 0.29) is 0 Å². The van der Waals surface area contributed by atoms with Crippen LogP contribution in [0.5, 0.6) is 0 Å². The monoisotopic (exact) mass is 356 g/mol. The summed E-state index contributed by atoms with van der Waals surface area (Å²) in [5.41, 5.74) is 2.63. The Labute approximate surface area is 148 Å². The molecule has 2 aliphatic carbocycles. The van der Waals surface area contributed by atoms with Crippen molar-refractivity contribution in [1.82, 2.24) is 0 Å². The van der Waals surface area contributed by atoms with Crippen molar-refractivity contribution in [3.8, 4) is 0 Å². The van der Waals surface area contributed by atoms with E-state index in [9.17, 15) is 0 Å². The predicted molar refractivity (Wildman–Crippen MR) is 108 cm³/mol.